The Balaban J connectivity index is 0.000000179. The van der Waals surface area contributed by atoms with Crippen LogP contribution in [0.25, 0.3) is 0 Å². The zero-order valence-corrected chi connectivity index (χ0v) is 46.8. The van der Waals surface area contributed by atoms with Crippen LogP contribution in [0.1, 0.15) is 120 Å². The van der Waals surface area contributed by atoms with Gasteiger partial charge in [-0.05, 0) is 227 Å². The summed E-state index contributed by atoms with van der Waals surface area (Å²) in [6, 6.07) is 55.8. The van der Waals surface area contributed by atoms with Gasteiger partial charge < -0.3 is 9.47 Å². The lowest BCUT2D eigenvalue weighted by atomic mass is 9.96. The van der Waals surface area contributed by atoms with Crippen molar-refractivity contribution in [1.82, 2.24) is 0 Å². The van der Waals surface area contributed by atoms with Gasteiger partial charge in [0.1, 0.15) is 11.5 Å². The molecule has 376 valence electrons. The molecule has 0 atom stereocenters. The molecule has 0 radical (unpaired) electrons. The van der Waals surface area contributed by atoms with E-state index in [2.05, 4.69) is 178 Å². The van der Waals surface area contributed by atoms with Crippen molar-refractivity contribution in [3.05, 3.63) is 268 Å². The van der Waals surface area contributed by atoms with Crippen molar-refractivity contribution in [3.63, 3.8) is 0 Å². The second-order valence-electron chi connectivity index (χ2n) is 19.4. The molecule has 0 amide bonds. The Morgan fingerprint density at radius 3 is 0.903 bits per heavy atom. The summed E-state index contributed by atoms with van der Waals surface area (Å²) in [5, 5.41) is 1.64. The average molecular weight is 998 g/mol. The molecule has 0 heterocycles. The maximum atomic E-state index is 6.11. The lowest BCUT2D eigenvalue weighted by molar-refractivity contribution is 0.247. The van der Waals surface area contributed by atoms with Crippen molar-refractivity contribution < 1.29 is 9.47 Å². The van der Waals surface area contributed by atoms with E-state index in [1.165, 1.54) is 89.0 Å². The summed E-state index contributed by atoms with van der Waals surface area (Å²) in [6.45, 7) is 27.0. The van der Waals surface area contributed by atoms with E-state index < -0.39 is 0 Å². The van der Waals surface area contributed by atoms with Gasteiger partial charge in [0.25, 0.3) is 0 Å². The number of halogens is 2. The fourth-order valence-corrected chi connectivity index (χ4v) is 8.57. The summed E-state index contributed by atoms with van der Waals surface area (Å²) >= 11 is 12.2. The van der Waals surface area contributed by atoms with Gasteiger partial charge in [0.05, 0.1) is 13.2 Å². The first-order valence-corrected chi connectivity index (χ1v) is 26.4. The largest absolute Gasteiger partial charge is 0.493 e. The molecule has 0 aromatic heterocycles. The Morgan fingerprint density at radius 1 is 0.306 bits per heavy atom. The van der Waals surface area contributed by atoms with Crippen molar-refractivity contribution in [2.24, 2.45) is 0 Å². The minimum atomic E-state index is 0.676. The van der Waals surface area contributed by atoms with Gasteiger partial charge in [-0.25, -0.2) is 0 Å². The van der Waals surface area contributed by atoms with Gasteiger partial charge in [0.2, 0.25) is 0 Å². The van der Waals surface area contributed by atoms with E-state index in [0.29, 0.717) is 13.2 Å². The Hall–Kier alpha value is -6.06. The monoisotopic (exact) mass is 997 g/mol. The van der Waals surface area contributed by atoms with Crippen molar-refractivity contribution >= 4 is 23.2 Å². The maximum Gasteiger partial charge on any atom is 0.119 e. The van der Waals surface area contributed by atoms with Gasteiger partial charge >= 0.3 is 0 Å². The van der Waals surface area contributed by atoms with Crippen molar-refractivity contribution in [3.8, 4) is 11.5 Å². The third-order valence-electron chi connectivity index (χ3n) is 13.3. The highest BCUT2D eigenvalue weighted by atomic mass is 35.5. The molecule has 0 aliphatic carbocycles. The molecule has 0 N–H and O–H groups in total. The molecule has 0 saturated carbocycles. The molecule has 0 fully saturated rings. The molecule has 0 aliphatic heterocycles. The molecule has 0 unspecified atom stereocenters. The maximum absolute atomic E-state index is 6.11. The molecule has 2 nitrogen and oxygen atoms in total. The van der Waals surface area contributed by atoms with Crippen LogP contribution in [-0.2, 0) is 32.1 Å². The molecule has 0 spiro atoms. The van der Waals surface area contributed by atoms with E-state index in [-0.39, 0.29) is 0 Å². The van der Waals surface area contributed by atoms with Crippen molar-refractivity contribution in [1.29, 1.82) is 0 Å². The number of hydrogen-bond donors (Lipinski definition) is 0. The second-order valence-corrected chi connectivity index (χ2v) is 20.3. The topological polar surface area (TPSA) is 18.5 Å². The smallest absolute Gasteiger partial charge is 0.119 e. The van der Waals surface area contributed by atoms with E-state index in [4.69, 9.17) is 32.7 Å². The fourth-order valence-electron chi connectivity index (χ4n) is 8.17. The lowest BCUT2D eigenvalue weighted by Gasteiger charge is -2.10. The average Bonchev–Trinajstić information content (AvgIpc) is 3.36. The first kappa shape index (κ1) is 56.8. The predicted molar refractivity (Wildman–Crippen MR) is 312 cm³/mol. The van der Waals surface area contributed by atoms with Crippen molar-refractivity contribution in [2.75, 3.05) is 13.2 Å². The van der Waals surface area contributed by atoms with E-state index >= 15 is 0 Å². The number of benzene rings is 8. The normalized spacial score (nSPS) is 10.5. The standard InChI is InChI=1S/C19H24.C17H20O2.C17H20.C15H14Cl2/c1-5-18-12-16(9-7-14(18)3)11-17-10-8-15(4)19(6-2)13-17;1-14-4-8-16(9-5-14)18-12-3-13-19-17-10-6-15(2)7-11-17;1-12-5-7-16(9-14(12)3)11-17-8-6-13(2)15(4)10-17;1-10-3-5-12(8-14(10)16)7-13-6-4-11(2)15(17)9-13/h7-10,12-13H,5-6,11H2,1-4H3;4-11H,3,12-13H2,1-2H3;5-10H,11H2,1-4H3;3-6,8-9H,7H2,1-2H3. The molecule has 8 aromatic rings. The third kappa shape index (κ3) is 18.8. The van der Waals surface area contributed by atoms with Crippen LogP contribution >= 0.6 is 23.2 Å². The molecule has 8 aromatic carbocycles. The fraction of sp³-hybridized carbons (Fsp3) is 0.294. The number of aryl methyl sites for hydroxylation is 12. The molecule has 0 aliphatic rings. The molecule has 0 saturated heterocycles. The van der Waals surface area contributed by atoms with Crippen molar-refractivity contribution in [2.45, 2.75) is 122 Å². The Morgan fingerprint density at radius 2 is 0.597 bits per heavy atom. The van der Waals surface area contributed by atoms with E-state index in [9.17, 15) is 0 Å². The first-order chi connectivity index (χ1) is 34.5. The van der Waals surface area contributed by atoms with Crippen LogP contribution in [0.4, 0.5) is 0 Å². The summed E-state index contributed by atoms with van der Waals surface area (Å²) in [7, 11) is 0. The van der Waals surface area contributed by atoms with Crippen LogP contribution in [0.3, 0.4) is 0 Å². The van der Waals surface area contributed by atoms with Gasteiger partial charge in [-0.15, -0.1) is 0 Å². The highest BCUT2D eigenvalue weighted by Crippen LogP contribution is 2.23. The van der Waals surface area contributed by atoms with E-state index in [1.54, 1.807) is 0 Å². The number of hydrogen-bond acceptors (Lipinski definition) is 2. The van der Waals surface area contributed by atoms with E-state index in [0.717, 1.165) is 71.2 Å². The van der Waals surface area contributed by atoms with Crippen LogP contribution < -0.4 is 9.47 Å². The number of rotatable bonds is 14. The molecule has 0 bridgehead atoms. The molecule has 8 rings (SSSR count). The van der Waals surface area contributed by atoms with Gasteiger partial charge in [-0.2, -0.15) is 0 Å². The Bertz CT molecular complexity index is 2650. The highest BCUT2D eigenvalue weighted by Gasteiger charge is 2.06. The zero-order chi connectivity index (χ0) is 52.2. The predicted octanol–water partition coefficient (Wildman–Crippen LogP) is 18.9. The molecule has 72 heavy (non-hydrogen) atoms. The van der Waals surface area contributed by atoms with E-state index in [1.807, 2.05) is 62.4 Å². The number of ether oxygens (including phenoxy) is 2. The Labute approximate surface area is 444 Å². The van der Waals surface area contributed by atoms with Crippen LogP contribution in [0.2, 0.25) is 10.0 Å². The quantitative estimate of drug-likeness (QED) is 0.101. The SMILES string of the molecule is CCc1cc(Cc2ccc(C)c(CC)c2)ccc1C.Cc1ccc(Cc2ccc(C)c(C)c2)cc1C.Cc1ccc(Cc2ccc(C)c(Cl)c2)cc1Cl.Cc1ccc(OCCCOc2ccc(C)cc2)cc1. The van der Waals surface area contributed by atoms with Gasteiger partial charge in [0.15, 0.2) is 0 Å². The second kappa shape index (κ2) is 28.8. The van der Waals surface area contributed by atoms with Gasteiger partial charge in [-0.3, -0.25) is 0 Å². The Kier molecular flexibility index (Phi) is 22.8. The minimum Gasteiger partial charge on any atom is -0.493 e. The summed E-state index contributed by atoms with van der Waals surface area (Å²) in [5.41, 5.74) is 24.0. The zero-order valence-electron chi connectivity index (χ0n) is 45.2. The summed E-state index contributed by atoms with van der Waals surface area (Å²) in [4.78, 5) is 0. The van der Waals surface area contributed by atoms with Crippen LogP contribution in [-0.4, -0.2) is 13.2 Å². The van der Waals surface area contributed by atoms with Crippen LogP contribution in [0.5, 0.6) is 11.5 Å². The minimum absolute atomic E-state index is 0.676. The molecular weight excluding hydrogens is 920 g/mol. The summed E-state index contributed by atoms with van der Waals surface area (Å²) in [6.07, 6.45) is 6.05. The highest BCUT2D eigenvalue weighted by molar-refractivity contribution is 6.31. The first-order valence-electron chi connectivity index (χ1n) is 25.7. The van der Waals surface area contributed by atoms with Gasteiger partial charge in [0, 0.05) is 16.5 Å². The van der Waals surface area contributed by atoms with Crippen LogP contribution in [0.15, 0.2) is 158 Å². The molecular formula is C68H78Cl2O2. The summed E-state index contributed by atoms with van der Waals surface area (Å²) < 4.78 is 11.3. The third-order valence-corrected chi connectivity index (χ3v) is 14.1. The molecule has 4 heteroatoms. The lowest BCUT2D eigenvalue weighted by Crippen LogP contribution is -2.04. The summed E-state index contributed by atoms with van der Waals surface area (Å²) in [5.74, 6) is 1.84. The van der Waals surface area contributed by atoms with Crippen LogP contribution in [0, 0.1) is 69.2 Å². The van der Waals surface area contributed by atoms with Gasteiger partial charge in [-0.1, -0.05) is 170 Å².